The van der Waals surface area contributed by atoms with Crippen molar-refractivity contribution in [3.63, 3.8) is 0 Å². The van der Waals surface area contributed by atoms with Crippen LogP contribution in [0.2, 0.25) is 0 Å². The molecule has 1 atom stereocenters. The van der Waals surface area contributed by atoms with Gasteiger partial charge in [-0.2, -0.15) is 0 Å². The molecule has 15 heavy (non-hydrogen) atoms. The molecular weight excluding hydrogens is 188 g/mol. The smallest absolute Gasteiger partial charge is 0.140 e. The maximum absolute atomic E-state index is 11.7. The summed E-state index contributed by atoms with van der Waals surface area (Å²) in [6, 6.07) is 7.76. The zero-order valence-corrected chi connectivity index (χ0v) is 9.62. The molecule has 0 saturated heterocycles. The van der Waals surface area contributed by atoms with Crippen molar-refractivity contribution < 1.29 is 9.53 Å². The molecule has 1 aromatic rings. The van der Waals surface area contributed by atoms with Crippen LogP contribution >= 0.6 is 0 Å². The van der Waals surface area contributed by atoms with E-state index in [1.165, 1.54) is 0 Å². The second-order valence-electron chi connectivity index (χ2n) is 3.56. The minimum atomic E-state index is 0.0186. The summed E-state index contributed by atoms with van der Waals surface area (Å²) in [5, 5.41) is 0. The molecule has 0 N–H and O–H groups in total. The highest BCUT2D eigenvalue weighted by Gasteiger charge is 2.16. The highest BCUT2D eigenvalue weighted by Crippen LogP contribution is 2.25. The molecule has 0 saturated carbocycles. The maximum atomic E-state index is 11.7. The molecule has 2 nitrogen and oxygen atoms in total. The molecule has 0 bridgehead atoms. The first-order valence-electron chi connectivity index (χ1n) is 5.39. The normalized spacial score (nSPS) is 12.2. The summed E-state index contributed by atoms with van der Waals surface area (Å²) < 4.78 is 5.15. The van der Waals surface area contributed by atoms with Crippen LogP contribution in [0.3, 0.4) is 0 Å². The molecule has 1 unspecified atom stereocenters. The van der Waals surface area contributed by atoms with Crippen molar-refractivity contribution in [1.82, 2.24) is 0 Å². The summed E-state index contributed by atoms with van der Waals surface area (Å²) in [5.74, 6) is 1.13. The number of hydrogen-bond donors (Lipinski definition) is 0. The Morgan fingerprint density at radius 2 is 2.13 bits per heavy atom. The number of carbonyl (C=O) groups excluding carboxylic acids is 1. The van der Waals surface area contributed by atoms with E-state index >= 15 is 0 Å². The molecule has 0 spiro atoms. The lowest BCUT2D eigenvalue weighted by Crippen LogP contribution is -2.10. The van der Waals surface area contributed by atoms with Crippen LogP contribution in [-0.2, 0) is 4.79 Å². The second-order valence-corrected chi connectivity index (χ2v) is 3.56. The number of ketones is 1. The predicted molar refractivity (Wildman–Crippen MR) is 61.3 cm³/mol. The van der Waals surface area contributed by atoms with Gasteiger partial charge in [0, 0.05) is 12.3 Å². The number of carbonyl (C=O) groups is 1. The minimum Gasteiger partial charge on any atom is -0.497 e. The molecule has 0 aliphatic heterocycles. The van der Waals surface area contributed by atoms with Gasteiger partial charge in [0.2, 0.25) is 0 Å². The van der Waals surface area contributed by atoms with Crippen molar-refractivity contribution in [3.05, 3.63) is 29.8 Å². The van der Waals surface area contributed by atoms with Crippen molar-refractivity contribution in [2.45, 2.75) is 32.6 Å². The first kappa shape index (κ1) is 11.8. The van der Waals surface area contributed by atoms with Gasteiger partial charge in [0.25, 0.3) is 0 Å². The fourth-order valence-electron chi connectivity index (χ4n) is 1.75. The summed E-state index contributed by atoms with van der Waals surface area (Å²) in [7, 11) is 1.64. The van der Waals surface area contributed by atoms with Crippen LogP contribution in [0.5, 0.6) is 5.75 Å². The average Bonchev–Trinajstić information content (AvgIpc) is 2.30. The second kappa shape index (κ2) is 5.54. The average molecular weight is 206 g/mol. The molecule has 1 aromatic carbocycles. The molecule has 0 aromatic heterocycles. The van der Waals surface area contributed by atoms with Crippen LogP contribution in [0.15, 0.2) is 24.3 Å². The quantitative estimate of drug-likeness (QED) is 0.739. The van der Waals surface area contributed by atoms with E-state index in [1.807, 2.05) is 38.1 Å². The van der Waals surface area contributed by atoms with E-state index in [-0.39, 0.29) is 5.92 Å². The van der Waals surface area contributed by atoms with Crippen LogP contribution < -0.4 is 4.74 Å². The van der Waals surface area contributed by atoms with E-state index in [0.717, 1.165) is 17.7 Å². The largest absolute Gasteiger partial charge is 0.497 e. The van der Waals surface area contributed by atoms with Gasteiger partial charge in [0.15, 0.2) is 0 Å². The summed E-state index contributed by atoms with van der Waals surface area (Å²) in [6.07, 6.45) is 1.44. The van der Waals surface area contributed by atoms with Crippen molar-refractivity contribution in [2.24, 2.45) is 0 Å². The molecule has 0 aliphatic carbocycles. The summed E-state index contributed by atoms with van der Waals surface area (Å²) in [4.78, 5) is 11.7. The third kappa shape index (κ3) is 2.82. The lowest BCUT2D eigenvalue weighted by molar-refractivity contribution is -0.120. The molecule has 82 valence electrons. The van der Waals surface area contributed by atoms with Crippen LogP contribution in [0.1, 0.15) is 38.2 Å². The first-order chi connectivity index (χ1) is 7.22. The number of methoxy groups -OCH3 is 1. The van der Waals surface area contributed by atoms with Gasteiger partial charge in [0.1, 0.15) is 11.5 Å². The van der Waals surface area contributed by atoms with E-state index in [1.54, 1.807) is 7.11 Å². The van der Waals surface area contributed by atoms with Crippen LogP contribution in [-0.4, -0.2) is 12.9 Å². The van der Waals surface area contributed by atoms with Crippen molar-refractivity contribution in [3.8, 4) is 5.75 Å². The van der Waals surface area contributed by atoms with Gasteiger partial charge in [-0.15, -0.1) is 0 Å². The van der Waals surface area contributed by atoms with Gasteiger partial charge in [-0.3, -0.25) is 4.79 Å². The predicted octanol–water partition coefficient (Wildman–Crippen LogP) is 3.17. The van der Waals surface area contributed by atoms with Crippen molar-refractivity contribution >= 4 is 5.78 Å². The Balaban J connectivity index is 2.96. The molecule has 0 radical (unpaired) electrons. The number of Topliss-reactive ketones (excluding diaryl/α,β-unsaturated/α-hetero) is 1. The van der Waals surface area contributed by atoms with Crippen molar-refractivity contribution in [2.75, 3.05) is 7.11 Å². The van der Waals surface area contributed by atoms with Gasteiger partial charge in [-0.1, -0.05) is 26.0 Å². The summed E-state index contributed by atoms with van der Waals surface area (Å²) in [6.45, 7) is 3.95. The molecular formula is C13H18O2. The Morgan fingerprint density at radius 1 is 1.40 bits per heavy atom. The third-order valence-corrected chi connectivity index (χ3v) is 2.64. The number of hydrogen-bond acceptors (Lipinski definition) is 2. The lowest BCUT2D eigenvalue weighted by Gasteiger charge is -2.13. The molecule has 0 heterocycles. The van der Waals surface area contributed by atoms with E-state index < -0.39 is 0 Å². The van der Waals surface area contributed by atoms with E-state index in [9.17, 15) is 4.79 Å². The standard InChI is InChI=1S/C13H18O2/c1-4-12(13(14)5-2)10-7-6-8-11(9-10)15-3/h6-9,12H,4-5H2,1-3H3. The Morgan fingerprint density at radius 3 is 2.67 bits per heavy atom. The van der Waals surface area contributed by atoms with Gasteiger partial charge in [-0.05, 0) is 24.1 Å². The zero-order valence-electron chi connectivity index (χ0n) is 9.62. The van der Waals surface area contributed by atoms with E-state index in [2.05, 4.69) is 0 Å². The SMILES string of the molecule is CCC(=O)C(CC)c1cccc(OC)c1. The van der Waals surface area contributed by atoms with Gasteiger partial charge in [-0.25, -0.2) is 0 Å². The van der Waals surface area contributed by atoms with Crippen LogP contribution in [0.25, 0.3) is 0 Å². The maximum Gasteiger partial charge on any atom is 0.140 e. The van der Waals surface area contributed by atoms with Crippen LogP contribution in [0.4, 0.5) is 0 Å². The zero-order chi connectivity index (χ0) is 11.3. The highest BCUT2D eigenvalue weighted by molar-refractivity contribution is 5.85. The monoisotopic (exact) mass is 206 g/mol. The fraction of sp³-hybridized carbons (Fsp3) is 0.462. The number of ether oxygens (including phenoxy) is 1. The first-order valence-corrected chi connectivity index (χ1v) is 5.39. The molecule has 2 heteroatoms. The molecule has 0 amide bonds. The topological polar surface area (TPSA) is 26.3 Å². The third-order valence-electron chi connectivity index (χ3n) is 2.64. The Hall–Kier alpha value is -1.31. The van der Waals surface area contributed by atoms with E-state index in [0.29, 0.717) is 12.2 Å². The van der Waals surface area contributed by atoms with Gasteiger partial charge >= 0.3 is 0 Å². The minimum absolute atomic E-state index is 0.0186. The fourth-order valence-corrected chi connectivity index (χ4v) is 1.75. The Kier molecular flexibility index (Phi) is 4.35. The molecule has 0 aliphatic rings. The Labute approximate surface area is 91.3 Å². The summed E-state index contributed by atoms with van der Waals surface area (Å²) >= 11 is 0. The van der Waals surface area contributed by atoms with Gasteiger partial charge < -0.3 is 4.74 Å². The van der Waals surface area contributed by atoms with Crippen LogP contribution in [0, 0.1) is 0 Å². The van der Waals surface area contributed by atoms with E-state index in [4.69, 9.17) is 4.74 Å². The highest BCUT2D eigenvalue weighted by atomic mass is 16.5. The van der Waals surface area contributed by atoms with Crippen molar-refractivity contribution in [1.29, 1.82) is 0 Å². The number of rotatable bonds is 5. The number of benzene rings is 1. The lowest BCUT2D eigenvalue weighted by atomic mass is 9.91. The Bertz CT molecular complexity index is 331. The van der Waals surface area contributed by atoms with Gasteiger partial charge in [0.05, 0.1) is 7.11 Å². The summed E-state index contributed by atoms with van der Waals surface area (Å²) in [5.41, 5.74) is 1.06. The molecule has 0 fully saturated rings. The molecule has 1 rings (SSSR count).